The SMILES string of the molecule is CC(=O)OC(C)=O.CC(=O)OC1=C(c2ccc(Cl)cc2Cl)C(=O)C2(CCCCC2)N1.O=C1NC2(CCCCC2)C(O)=C1c1ccc(Cl)cc1Cl. The predicted molar refractivity (Wildman–Crippen MR) is 192 cm³/mol. The lowest BCUT2D eigenvalue weighted by Gasteiger charge is -2.33. The predicted octanol–water partition coefficient (Wildman–Crippen LogP) is 8.29. The van der Waals surface area contributed by atoms with Crippen molar-refractivity contribution in [3.8, 4) is 0 Å². The summed E-state index contributed by atoms with van der Waals surface area (Å²) in [6.07, 6.45) is 9.20. The summed E-state index contributed by atoms with van der Waals surface area (Å²) in [6, 6.07) is 9.86. The van der Waals surface area contributed by atoms with Crippen molar-refractivity contribution >= 4 is 87.1 Å². The van der Waals surface area contributed by atoms with Crippen molar-refractivity contribution in [1.82, 2.24) is 10.6 Å². The van der Waals surface area contributed by atoms with Gasteiger partial charge in [-0.05, 0) is 49.9 Å². The molecule has 4 aliphatic rings. The Morgan fingerprint density at radius 2 is 1.12 bits per heavy atom. The first-order chi connectivity index (χ1) is 23.6. The quantitative estimate of drug-likeness (QED) is 0.207. The van der Waals surface area contributed by atoms with Crippen LogP contribution in [-0.2, 0) is 33.4 Å². The van der Waals surface area contributed by atoms with Crippen LogP contribution in [0, 0.1) is 0 Å². The molecule has 10 nitrogen and oxygen atoms in total. The Labute approximate surface area is 310 Å². The second-order valence-electron chi connectivity index (χ2n) is 12.5. The third-order valence-corrected chi connectivity index (χ3v) is 9.96. The highest BCUT2D eigenvalue weighted by Crippen LogP contribution is 2.44. The van der Waals surface area contributed by atoms with Crippen molar-refractivity contribution in [3.63, 3.8) is 0 Å². The zero-order valence-corrected chi connectivity index (χ0v) is 30.9. The Kier molecular flexibility index (Phi) is 13.0. The molecule has 0 radical (unpaired) electrons. The minimum absolute atomic E-state index is 0.0577. The molecule has 0 unspecified atom stereocenters. The van der Waals surface area contributed by atoms with Crippen molar-refractivity contribution in [2.45, 2.75) is 96.1 Å². The van der Waals surface area contributed by atoms with Gasteiger partial charge in [0.15, 0.2) is 5.78 Å². The molecule has 6 rings (SSSR count). The number of esters is 3. The number of carbonyl (C=O) groups excluding carboxylic acids is 5. The average molecular weight is 769 g/mol. The van der Waals surface area contributed by atoms with E-state index in [1.165, 1.54) is 20.8 Å². The van der Waals surface area contributed by atoms with E-state index < -0.39 is 29.0 Å². The van der Waals surface area contributed by atoms with Crippen LogP contribution in [0.25, 0.3) is 11.1 Å². The molecule has 0 bridgehead atoms. The van der Waals surface area contributed by atoms with Crippen LogP contribution in [0.5, 0.6) is 0 Å². The number of aliphatic hydroxyl groups is 1. The Morgan fingerprint density at radius 1 is 0.660 bits per heavy atom. The van der Waals surface area contributed by atoms with E-state index in [9.17, 15) is 29.1 Å². The number of hydrogen-bond acceptors (Lipinski definition) is 9. The number of amides is 1. The lowest BCUT2D eigenvalue weighted by Crippen LogP contribution is -2.48. The standard InChI is InChI=1S/C17H17Cl2NO3.C15H15Cl2NO2.C4H6O3/c1-10(21)23-16-14(12-6-5-11(18)9-13(12)19)15(22)17(20-16)7-3-2-4-8-17;16-9-4-5-10(11(17)8-9)12-13(19)15(18-14(12)20)6-2-1-3-7-15;1-3(5)7-4(2)6/h5-6,9,20H,2-4,7-8H2,1H3;4-5,8,19H,1-3,6-7H2,(H,18,20);1-2H3. The lowest BCUT2D eigenvalue weighted by atomic mass is 9.78. The van der Waals surface area contributed by atoms with E-state index in [-0.39, 0.29) is 28.9 Å². The number of benzene rings is 2. The van der Waals surface area contributed by atoms with E-state index in [4.69, 9.17) is 51.1 Å². The van der Waals surface area contributed by atoms with Crippen LogP contribution in [0.2, 0.25) is 20.1 Å². The number of aliphatic hydroxyl groups excluding tert-OH is 1. The monoisotopic (exact) mass is 766 g/mol. The van der Waals surface area contributed by atoms with Crippen LogP contribution < -0.4 is 10.6 Å². The number of Topliss-reactive ketones (excluding diaryl/α,β-unsaturated/α-hetero) is 1. The molecule has 14 heteroatoms. The highest BCUT2D eigenvalue weighted by atomic mass is 35.5. The Morgan fingerprint density at radius 3 is 1.54 bits per heavy atom. The molecule has 2 saturated carbocycles. The summed E-state index contributed by atoms with van der Waals surface area (Å²) in [5.74, 6) is -1.58. The number of rotatable bonds is 3. The number of nitrogens with one attached hydrogen (secondary N) is 2. The summed E-state index contributed by atoms with van der Waals surface area (Å²) in [7, 11) is 0. The van der Waals surface area contributed by atoms with E-state index in [2.05, 4.69) is 15.4 Å². The van der Waals surface area contributed by atoms with Gasteiger partial charge < -0.3 is 25.2 Å². The van der Waals surface area contributed by atoms with Crippen LogP contribution in [0.4, 0.5) is 0 Å². The average Bonchev–Trinajstić information content (AvgIpc) is 3.41. The van der Waals surface area contributed by atoms with Gasteiger partial charge in [0.05, 0.1) is 26.7 Å². The van der Waals surface area contributed by atoms with E-state index in [1.54, 1.807) is 36.4 Å². The van der Waals surface area contributed by atoms with E-state index >= 15 is 0 Å². The largest absolute Gasteiger partial charge is 0.509 e. The number of carbonyl (C=O) groups is 5. The van der Waals surface area contributed by atoms with Gasteiger partial charge in [0.25, 0.3) is 5.91 Å². The van der Waals surface area contributed by atoms with Gasteiger partial charge in [0, 0.05) is 41.9 Å². The first-order valence-electron chi connectivity index (χ1n) is 16.2. The molecule has 0 atom stereocenters. The molecule has 2 fully saturated rings. The second kappa shape index (κ2) is 16.6. The molecule has 2 aromatic carbocycles. The van der Waals surface area contributed by atoms with Gasteiger partial charge in [-0.1, -0.05) is 97.1 Å². The van der Waals surface area contributed by atoms with E-state index in [1.807, 2.05) is 0 Å². The summed E-state index contributed by atoms with van der Waals surface area (Å²) in [4.78, 5) is 56.4. The summed E-state index contributed by atoms with van der Waals surface area (Å²) in [5.41, 5.74) is 0.424. The van der Waals surface area contributed by atoms with Gasteiger partial charge in [0.1, 0.15) is 11.3 Å². The highest BCUT2D eigenvalue weighted by Gasteiger charge is 2.49. The summed E-state index contributed by atoms with van der Waals surface area (Å²) in [6.45, 7) is 3.68. The third kappa shape index (κ3) is 9.01. The first-order valence-corrected chi connectivity index (χ1v) is 17.7. The Hall–Kier alpha value is -3.57. The van der Waals surface area contributed by atoms with Crippen LogP contribution in [0.1, 0.15) is 96.1 Å². The molecule has 2 aliphatic carbocycles. The zero-order chi connectivity index (χ0) is 36.8. The molecule has 50 heavy (non-hydrogen) atoms. The number of hydrogen-bond donors (Lipinski definition) is 3. The molecule has 2 heterocycles. The normalized spacial score (nSPS) is 18.8. The molecule has 1 amide bonds. The van der Waals surface area contributed by atoms with Gasteiger partial charge in [0.2, 0.25) is 5.88 Å². The molecule has 0 saturated heterocycles. The molecule has 0 aromatic heterocycles. The fraction of sp³-hybridized carbons (Fsp3) is 0.417. The third-order valence-electron chi connectivity index (χ3n) is 8.86. The fourth-order valence-electron chi connectivity index (χ4n) is 6.69. The fourth-order valence-corrected chi connectivity index (χ4v) is 7.70. The smallest absolute Gasteiger partial charge is 0.310 e. The lowest BCUT2D eigenvalue weighted by molar-refractivity contribution is -0.156. The van der Waals surface area contributed by atoms with Gasteiger partial charge in [-0.25, -0.2) is 0 Å². The molecule has 2 spiro atoms. The summed E-state index contributed by atoms with van der Waals surface area (Å²) >= 11 is 24.2. The second-order valence-corrected chi connectivity index (χ2v) is 14.2. The summed E-state index contributed by atoms with van der Waals surface area (Å²) < 4.78 is 9.25. The molecule has 3 N–H and O–H groups in total. The first kappa shape index (κ1) is 39.2. The molecular formula is C36H38Cl4N2O8. The molecule has 268 valence electrons. The van der Waals surface area contributed by atoms with E-state index in [0.29, 0.717) is 36.8 Å². The molecule has 2 aromatic rings. The number of ketones is 1. The Balaban J connectivity index is 0.000000191. The van der Waals surface area contributed by atoms with Crippen LogP contribution in [0.3, 0.4) is 0 Å². The minimum Gasteiger partial charge on any atom is -0.509 e. The maximum atomic E-state index is 13.1. The van der Waals surface area contributed by atoms with Crippen molar-refractivity contribution in [2.75, 3.05) is 0 Å². The van der Waals surface area contributed by atoms with Gasteiger partial charge in [-0.2, -0.15) is 0 Å². The Bertz CT molecular complexity index is 1750. The number of halogens is 4. The van der Waals surface area contributed by atoms with Crippen LogP contribution >= 0.6 is 46.4 Å². The highest BCUT2D eigenvalue weighted by molar-refractivity contribution is 6.39. The van der Waals surface area contributed by atoms with Crippen molar-refractivity contribution in [1.29, 1.82) is 0 Å². The molecular weight excluding hydrogens is 730 g/mol. The van der Waals surface area contributed by atoms with Crippen LogP contribution in [0.15, 0.2) is 48.0 Å². The number of ether oxygens (including phenoxy) is 2. The maximum absolute atomic E-state index is 13.1. The zero-order valence-electron chi connectivity index (χ0n) is 27.9. The van der Waals surface area contributed by atoms with Gasteiger partial charge in [-0.3, -0.25) is 24.0 Å². The van der Waals surface area contributed by atoms with Crippen molar-refractivity contribution in [3.05, 3.63) is 79.3 Å². The molecule has 2 aliphatic heterocycles. The van der Waals surface area contributed by atoms with Crippen molar-refractivity contribution in [2.24, 2.45) is 0 Å². The van der Waals surface area contributed by atoms with Gasteiger partial charge in [-0.15, -0.1) is 0 Å². The topological polar surface area (TPSA) is 148 Å². The van der Waals surface area contributed by atoms with Crippen molar-refractivity contribution < 1.29 is 38.6 Å². The van der Waals surface area contributed by atoms with Crippen LogP contribution in [-0.4, -0.2) is 45.8 Å². The summed E-state index contributed by atoms with van der Waals surface area (Å²) in [5, 5.41) is 18.4. The van der Waals surface area contributed by atoms with E-state index in [0.717, 1.165) is 64.2 Å². The van der Waals surface area contributed by atoms with Gasteiger partial charge >= 0.3 is 17.9 Å². The maximum Gasteiger partial charge on any atom is 0.310 e. The minimum atomic E-state index is -0.679.